The molecule has 2 aromatic rings. The topological polar surface area (TPSA) is 132 Å². The van der Waals surface area contributed by atoms with E-state index in [1.54, 1.807) is 18.2 Å². The molecular weight excluding hydrogens is 374 g/mol. The Hall–Kier alpha value is -2.71. The molecule has 1 heterocycles. The van der Waals surface area contributed by atoms with E-state index in [2.05, 4.69) is 15.6 Å². The number of carbonyl (C=O) groups excluding carboxylic acids is 2. The van der Waals surface area contributed by atoms with Crippen LogP contribution in [0.1, 0.15) is 43.6 Å². The number of carbonyl (C=O) groups is 2. The number of hydrogen-bond donors (Lipinski definition) is 5. The van der Waals surface area contributed by atoms with Crippen LogP contribution in [-0.2, 0) is 4.79 Å². The molecule has 0 unspecified atom stereocenters. The zero-order valence-corrected chi connectivity index (χ0v) is 16.8. The maximum absolute atomic E-state index is 12.5. The predicted octanol–water partition coefficient (Wildman–Crippen LogP) is 1.33. The highest BCUT2D eigenvalue weighted by molar-refractivity contribution is 5.98. The van der Waals surface area contributed by atoms with Crippen LogP contribution in [0.15, 0.2) is 30.3 Å². The van der Waals surface area contributed by atoms with E-state index >= 15 is 0 Å². The third-order valence-electron chi connectivity index (χ3n) is 4.45. The molecule has 2 rings (SSSR count). The molecule has 2 amide bonds. The molecule has 0 spiro atoms. The molecule has 5 N–H and O–H groups in total. The van der Waals surface area contributed by atoms with Gasteiger partial charge in [-0.05, 0) is 30.9 Å². The quantitative estimate of drug-likeness (QED) is 0.407. The van der Waals surface area contributed by atoms with E-state index in [1.807, 2.05) is 19.9 Å². The van der Waals surface area contributed by atoms with Gasteiger partial charge in [0.1, 0.15) is 5.75 Å². The fourth-order valence-corrected chi connectivity index (χ4v) is 2.90. The number of amides is 2. The molecule has 0 bridgehead atoms. The largest absolute Gasteiger partial charge is 0.505 e. The van der Waals surface area contributed by atoms with Crippen molar-refractivity contribution in [1.82, 2.24) is 15.6 Å². The molecule has 0 aliphatic heterocycles. The van der Waals surface area contributed by atoms with Gasteiger partial charge in [0, 0.05) is 18.4 Å². The van der Waals surface area contributed by atoms with Crippen molar-refractivity contribution in [3.8, 4) is 5.75 Å². The molecule has 158 valence electrons. The first-order valence-electron chi connectivity index (χ1n) is 9.75. The first kappa shape index (κ1) is 22.6. The fourth-order valence-electron chi connectivity index (χ4n) is 2.90. The molecule has 0 aliphatic rings. The van der Waals surface area contributed by atoms with Crippen molar-refractivity contribution < 1.29 is 24.9 Å². The number of nitrogens with one attached hydrogen (secondary N) is 2. The second-order valence-corrected chi connectivity index (χ2v) is 7.53. The van der Waals surface area contributed by atoms with Crippen LogP contribution in [0.3, 0.4) is 0 Å². The lowest BCUT2D eigenvalue weighted by Gasteiger charge is -2.19. The van der Waals surface area contributed by atoms with E-state index in [1.165, 1.54) is 6.07 Å². The second kappa shape index (κ2) is 10.7. The molecule has 1 aromatic heterocycles. The SMILES string of the molecule is CC(C)CC(=O)NC[C@H](O)CC[C@@H](CO)NC(=O)c1nc2ccccc2cc1O. The van der Waals surface area contributed by atoms with E-state index < -0.39 is 18.1 Å². The zero-order valence-electron chi connectivity index (χ0n) is 16.8. The van der Waals surface area contributed by atoms with Crippen LogP contribution < -0.4 is 10.6 Å². The van der Waals surface area contributed by atoms with Crippen LogP contribution >= 0.6 is 0 Å². The number of nitrogens with zero attached hydrogens (tertiary/aromatic N) is 1. The molecule has 1 aromatic carbocycles. The van der Waals surface area contributed by atoms with Gasteiger partial charge in [-0.25, -0.2) is 4.98 Å². The number of hydrogen-bond acceptors (Lipinski definition) is 6. The lowest BCUT2D eigenvalue weighted by Crippen LogP contribution is -2.39. The number of benzene rings is 1. The highest BCUT2D eigenvalue weighted by Crippen LogP contribution is 2.21. The smallest absolute Gasteiger partial charge is 0.274 e. The summed E-state index contributed by atoms with van der Waals surface area (Å²) in [4.78, 5) is 28.3. The maximum Gasteiger partial charge on any atom is 0.274 e. The van der Waals surface area contributed by atoms with Crippen molar-refractivity contribution in [2.24, 2.45) is 5.92 Å². The summed E-state index contributed by atoms with van der Waals surface area (Å²) in [5.41, 5.74) is 0.451. The summed E-state index contributed by atoms with van der Waals surface area (Å²) in [6.45, 7) is 3.66. The van der Waals surface area contributed by atoms with Crippen molar-refractivity contribution in [3.63, 3.8) is 0 Å². The average Bonchev–Trinajstić information content (AvgIpc) is 2.68. The lowest BCUT2D eigenvalue weighted by atomic mass is 10.1. The third-order valence-corrected chi connectivity index (χ3v) is 4.45. The van der Waals surface area contributed by atoms with Crippen LogP contribution in [0.4, 0.5) is 0 Å². The van der Waals surface area contributed by atoms with Crippen molar-refractivity contribution in [2.45, 2.75) is 45.3 Å². The lowest BCUT2D eigenvalue weighted by molar-refractivity contribution is -0.122. The van der Waals surface area contributed by atoms with E-state index in [9.17, 15) is 24.9 Å². The minimum absolute atomic E-state index is 0.116. The first-order valence-corrected chi connectivity index (χ1v) is 9.75. The Morgan fingerprint density at radius 1 is 1.17 bits per heavy atom. The Morgan fingerprint density at radius 3 is 2.59 bits per heavy atom. The van der Waals surface area contributed by atoms with Gasteiger partial charge in [0.2, 0.25) is 5.91 Å². The summed E-state index contributed by atoms with van der Waals surface area (Å²) < 4.78 is 0. The Labute approximate surface area is 170 Å². The maximum atomic E-state index is 12.5. The monoisotopic (exact) mass is 403 g/mol. The first-order chi connectivity index (χ1) is 13.8. The minimum Gasteiger partial charge on any atom is -0.505 e. The van der Waals surface area contributed by atoms with Gasteiger partial charge in [0.25, 0.3) is 5.91 Å². The van der Waals surface area contributed by atoms with Crippen LogP contribution in [0.5, 0.6) is 5.75 Å². The summed E-state index contributed by atoms with van der Waals surface area (Å²) in [6.07, 6.45) is 0.191. The fraction of sp³-hybridized carbons (Fsp3) is 0.476. The normalized spacial score (nSPS) is 13.3. The van der Waals surface area contributed by atoms with Crippen LogP contribution in [0.25, 0.3) is 10.9 Å². The zero-order chi connectivity index (χ0) is 21.4. The number of aliphatic hydroxyl groups is 2. The molecule has 0 aliphatic carbocycles. The van der Waals surface area contributed by atoms with E-state index in [0.717, 1.165) is 0 Å². The Balaban J connectivity index is 1.88. The Morgan fingerprint density at radius 2 is 1.90 bits per heavy atom. The Kier molecular flexibility index (Phi) is 8.35. The molecule has 8 nitrogen and oxygen atoms in total. The van der Waals surface area contributed by atoms with Gasteiger partial charge in [-0.1, -0.05) is 32.0 Å². The van der Waals surface area contributed by atoms with E-state index in [4.69, 9.17) is 0 Å². The number of fused-ring (bicyclic) bond motifs is 1. The van der Waals surface area contributed by atoms with Gasteiger partial charge in [0.15, 0.2) is 5.69 Å². The van der Waals surface area contributed by atoms with Gasteiger partial charge >= 0.3 is 0 Å². The number of aliphatic hydroxyl groups excluding tert-OH is 2. The van der Waals surface area contributed by atoms with Crippen molar-refractivity contribution in [2.75, 3.05) is 13.2 Å². The minimum atomic E-state index is -0.788. The second-order valence-electron chi connectivity index (χ2n) is 7.53. The molecule has 29 heavy (non-hydrogen) atoms. The van der Waals surface area contributed by atoms with Gasteiger partial charge in [0.05, 0.1) is 24.3 Å². The number of para-hydroxylation sites is 1. The van der Waals surface area contributed by atoms with Crippen molar-refractivity contribution in [3.05, 3.63) is 36.0 Å². The molecule has 8 heteroatoms. The molecule has 2 atom stereocenters. The number of rotatable bonds is 10. The molecule has 0 saturated carbocycles. The number of aromatic hydroxyl groups is 1. The third kappa shape index (κ3) is 6.99. The summed E-state index contributed by atoms with van der Waals surface area (Å²) in [6, 6.07) is 7.96. The van der Waals surface area contributed by atoms with Gasteiger partial charge in [-0.15, -0.1) is 0 Å². The molecular formula is C21H29N3O5. The predicted molar refractivity (Wildman–Crippen MR) is 109 cm³/mol. The van der Waals surface area contributed by atoms with E-state index in [0.29, 0.717) is 23.7 Å². The van der Waals surface area contributed by atoms with E-state index in [-0.39, 0.29) is 42.8 Å². The highest BCUT2D eigenvalue weighted by atomic mass is 16.3. The number of aromatic nitrogens is 1. The summed E-state index contributed by atoms with van der Waals surface area (Å²) in [5.74, 6) is -0.733. The average molecular weight is 403 g/mol. The van der Waals surface area contributed by atoms with Gasteiger partial charge in [-0.2, -0.15) is 0 Å². The highest BCUT2D eigenvalue weighted by Gasteiger charge is 2.19. The van der Waals surface area contributed by atoms with Crippen molar-refractivity contribution >= 4 is 22.7 Å². The standard InChI is InChI=1S/C21H29N3O5/c1-13(2)9-19(28)22-11-16(26)8-7-15(12-25)23-21(29)20-18(27)10-14-5-3-4-6-17(14)24-20/h3-6,10,13,15-16,25-27H,7-9,11-12H2,1-2H3,(H,22,28)(H,23,29)/t15-,16+/m0/s1. The van der Waals surface area contributed by atoms with Crippen LogP contribution in [0, 0.1) is 5.92 Å². The molecule has 0 fully saturated rings. The van der Waals surface area contributed by atoms with Crippen LogP contribution in [-0.4, -0.2) is 57.4 Å². The van der Waals surface area contributed by atoms with Crippen LogP contribution in [0.2, 0.25) is 0 Å². The summed E-state index contributed by atoms with van der Waals surface area (Å²) in [5, 5.41) is 35.7. The van der Waals surface area contributed by atoms with Crippen molar-refractivity contribution in [1.29, 1.82) is 0 Å². The Bertz CT molecular complexity index is 840. The molecule has 0 radical (unpaired) electrons. The molecule has 0 saturated heterocycles. The summed E-state index contributed by atoms with van der Waals surface area (Å²) >= 11 is 0. The van der Waals surface area contributed by atoms with Gasteiger partial charge in [-0.3, -0.25) is 9.59 Å². The number of pyridine rings is 1. The summed E-state index contributed by atoms with van der Waals surface area (Å²) in [7, 11) is 0. The van der Waals surface area contributed by atoms with Gasteiger partial charge < -0.3 is 26.0 Å².